The lowest BCUT2D eigenvalue weighted by molar-refractivity contribution is -0.143. The van der Waals surface area contributed by atoms with E-state index in [-0.39, 0.29) is 6.03 Å². The van der Waals surface area contributed by atoms with Crippen molar-refractivity contribution < 1.29 is 14.7 Å². The third kappa shape index (κ3) is 3.91. The molecule has 0 aliphatic carbocycles. The molecule has 1 aliphatic heterocycles. The summed E-state index contributed by atoms with van der Waals surface area (Å²) in [5, 5.41) is 12.1. The highest BCUT2D eigenvalue weighted by atomic mass is 32.2. The standard InChI is InChI=1S/C15H20N2O3S/c1-10-7-8-17(13(9-10)14(18)19)15(20)16-11-3-5-12(21-2)6-4-11/h3-6,10,13H,7-9H2,1-2H3,(H,16,20)(H,18,19). The van der Waals surface area contributed by atoms with E-state index in [2.05, 4.69) is 5.32 Å². The van der Waals surface area contributed by atoms with E-state index in [0.717, 1.165) is 11.3 Å². The molecule has 2 amide bonds. The monoisotopic (exact) mass is 308 g/mol. The average Bonchev–Trinajstić information content (AvgIpc) is 2.47. The summed E-state index contributed by atoms with van der Waals surface area (Å²) < 4.78 is 0. The summed E-state index contributed by atoms with van der Waals surface area (Å²) >= 11 is 1.63. The van der Waals surface area contributed by atoms with E-state index < -0.39 is 12.0 Å². The van der Waals surface area contributed by atoms with Crippen LogP contribution in [0.25, 0.3) is 0 Å². The van der Waals surface area contributed by atoms with Crippen molar-refractivity contribution in [1.82, 2.24) is 4.90 Å². The number of carboxylic acids is 1. The minimum absolute atomic E-state index is 0.330. The number of rotatable bonds is 3. The lowest BCUT2D eigenvalue weighted by atomic mass is 9.93. The molecule has 2 atom stereocenters. The minimum Gasteiger partial charge on any atom is -0.480 e. The van der Waals surface area contributed by atoms with Crippen LogP contribution in [0.3, 0.4) is 0 Å². The molecule has 1 aliphatic rings. The first kappa shape index (κ1) is 15.7. The molecule has 2 N–H and O–H groups in total. The van der Waals surface area contributed by atoms with Crippen molar-refractivity contribution in [2.75, 3.05) is 18.1 Å². The van der Waals surface area contributed by atoms with Crippen LogP contribution in [-0.4, -0.2) is 40.8 Å². The number of hydrogen-bond acceptors (Lipinski definition) is 3. The molecule has 0 radical (unpaired) electrons. The van der Waals surface area contributed by atoms with Gasteiger partial charge >= 0.3 is 12.0 Å². The maximum atomic E-state index is 12.3. The van der Waals surface area contributed by atoms with Gasteiger partial charge in [0.05, 0.1) is 0 Å². The first-order valence-corrected chi connectivity index (χ1v) is 8.18. The fraction of sp³-hybridized carbons (Fsp3) is 0.467. The number of benzene rings is 1. The molecule has 114 valence electrons. The van der Waals surface area contributed by atoms with E-state index in [1.807, 2.05) is 37.4 Å². The molecule has 1 aromatic carbocycles. The van der Waals surface area contributed by atoms with E-state index in [1.165, 1.54) is 4.90 Å². The lowest BCUT2D eigenvalue weighted by Gasteiger charge is -2.35. The Bertz CT molecular complexity index is 518. The first-order chi connectivity index (χ1) is 10.0. The van der Waals surface area contributed by atoms with Crippen molar-refractivity contribution in [3.8, 4) is 0 Å². The number of carbonyl (C=O) groups is 2. The molecule has 2 rings (SSSR count). The quantitative estimate of drug-likeness (QED) is 0.842. The highest BCUT2D eigenvalue weighted by Crippen LogP contribution is 2.24. The molecule has 2 unspecified atom stereocenters. The number of urea groups is 1. The SMILES string of the molecule is CSc1ccc(NC(=O)N2CCC(C)CC2C(=O)O)cc1. The van der Waals surface area contributed by atoms with Crippen LogP contribution >= 0.6 is 11.8 Å². The topological polar surface area (TPSA) is 69.6 Å². The van der Waals surface area contributed by atoms with Crippen LogP contribution in [0, 0.1) is 5.92 Å². The Morgan fingerprint density at radius 1 is 1.33 bits per heavy atom. The van der Waals surface area contributed by atoms with Crippen LogP contribution in [0.1, 0.15) is 19.8 Å². The second-order valence-electron chi connectivity index (χ2n) is 5.34. The summed E-state index contributed by atoms with van der Waals surface area (Å²) in [7, 11) is 0. The average molecular weight is 308 g/mol. The number of carbonyl (C=O) groups excluding carboxylic acids is 1. The van der Waals surface area contributed by atoms with Crippen LogP contribution in [-0.2, 0) is 4.79 Å². The van der Waals surface area contributed by atoms with Crippen molar-refractivity contribution in [1.29, 1.82) is 0 Å². The van der Waals surface area contributed by atoms with Crippen molar-refractivity contribution in [2.24, 2.45) is 5.92 Å². The van der Waals surface area contributed by atoms with E-state index in [1.54, 1.807) is 11.8 Å². The van der Waals surface area contributed by atoms with Gasteiger partial charge in [0.25, 0.3) is 0 Å². The van der Waals surface area contributed by atoms with E-state index in [4.69, 9.17) is 0 Å². The van der Waals surface area contributed by atoms with Gasteiger partial charge in [-0.25, -0.2) is 9.59 Å². The van der Waals surface area contributed by atoms with Gasteiger partial charge in [-0.15, -0.1) is 11.8 Å². The number of hydrogen-bond donors (Lipinski definition) is 2. The summed E-state index contributed by atoms with van der Waals surface area (Å²) in [5.41, 5.74) is 0.681. The van der Waals surface area contributed by atoms with Gasteiger partial charge in [0.15, 0.2) is 0 Å². The molecule has 1 aromatic rings. The van der Waals surface area contributed by atoms with Crippen LogP contribution in [0.2, 0.25) is 0 Å². The maximum Gasteiger partial charge on any atom is 0.326 e. The van der Waals surface area contributed by atoms with Gasteiger partial charge in [0.1, 0.15) is 6.04 Å². The van der Waals surface area contributed by atoms with Crippen LogP contribution in [0.5, 0.6) is 0 Å². The lowest BCUT2D eigenvalue weighted by Crippen LogP contribution is -2.51. The zero-order valence-electron chi connectivity index (χ0n) is 12.2. The molecule has 1 saturated heterocycles. The van der Waals surface area contributed by atoms with Gasteiger partial charge in [0.2, 0.25) is 0 Å². The molecule has 0 spiro atoms. The second-order valence-corrected chi connectivity index (χ2v) is 6.22. The number of likely N-dealkylation sites (tertiary alicyclic amines) is 1. The van der Waals surface area contributed by atoms with Crippen molar-refractivity contribution in [3.05, 3.63) is 24.3 Å². The zero-order chi connectivity index (χ0) is 15.4. The minimum atomic E-state index is -0.936. The highest BCUT2D eigenvalue weighted by Gasteiger charge is 2.34. The van der Waals surface area contributed by atoms with Crippen molar-refractivity contribution in [3.63, 3.8) is 0 Å². The van der Waals surface area contributed by atoms with Crippen molar-refractivity contribution in [2.45, 2.75) is 30.7 Å². The predicted octanol–water partition coefficient (Wildman–Crippen LogP) is 3.13. The Morgan fingerprint density at radius 3 is 2.57 bits per heavy atom. The maximum absolute atomic E-state index is 12.3. The molecule has 21 heavy (non-hydrogen) atoms. The van der Waals surface area contributed by atoms with Crippen LogP contribution in [0.15, 0.2) is 29.2 Å². The Balaban J connectivity index is 2.05. The number of amides is 2. The van der Waals surface area contributed by atoms with Gasteiger partial charge in [-0.2, -0.15) is 0 Å². The summed E-state index contributed by atoms with van der Waals surface area (Å²) in [6.07, 6.45) is 3.33. The predicted molar refractivity (Wildman–Crippen MR) is 83.8 cm³/mol. The number of thioether (sulfide) groups is 1. The van der Waals surface area contributed by atoms with E-state index >= 15 is 0 Å². The third-order valence-corrected chi connectivity index (χ3v) is 4.50. The van der Waals surface area contributed by atoms with Crippen LogP contribution < -0.4 is 5.32 Å². The Labute approximate surface area is 128 Å². The van der Waals surface area contributed by atoms with Gasteiger partial charge in [0, 0.05) is 17.1 Å². The first-order valence-electron chi connectivity index (χ1n) is 6.95. The number of carboxylic acid groups (broad SMARTS) is 1. The molecule has 6 heteroatoms. The number of aliphatic carboxylic acids is 1. The molecule has 0 aromatic heterocycles. The summed E-state index contributed by atoms with van der Waals surface area (Å²) in [6.45, 7) is 2.50. The number of nitrogens with zero attached hydrogens (tertiary/aromatic N) is 1. The molecule has 0 saturated carbocycles. The summed E-state index contributed by atoms with van der Waals surface area (Å²) in [5.74, 6) is -0.606. The largest absolute Gasteiger partial charge is 0.480 e. The van der Waals surface area contributed by atoms with E-state index in [0.29, 0.717) is 24.6 Å². The summed E-state index contributed by atoms with van der Waals surface area (Å²) in [6, 6.07) is 6.42. The van der Waals surface area contributed by atoms with Crippen molar-refractivity contribution >= 4 is 29.4 Å². The molecular weight excluding hydrogens is 288 g/mol. The summed E-state index contributed by atoms with van der Waals surface area (Å²) in [4.78, 5) is 26.2. The molecular formula is C15H20N2O3S. The molecule has 1 fully saturated rings. The molecule has 1 heterocycles. The van der Waals surface area contributed by atoms with Crippen LogP contribution in [0.4, 0.5) is 10.5 Å². The highest BCUT2D eigenvalue weighted by molar-refractivity contribution is 7.98. The van der Waals surface area contributed by atoms with Gasteiger partial charge in [-0.05, 0) is 49.3 Å². The van der Waals surface area contributed by atoms with Gasteiger partial charge in [-0.1, -0.05) is 6.92 Å². The zero-order valence-corrected chi connectivity index (χ0v) is 13.0. The Kier molecular flexibility index (Phi) is 5.12. The Morgan fingerprint density at radius 2 is 2.00 bits per heavy atom. The van der Waals surface area contributed by atoms with E-state index in [9.17, 15) is 14.7 Å². The Hall–Kier alpha value is -1.69. The third-order valence-electron chi connectivity index (χ3n) is 3.75. The smallest absolute Gasteiger partial charge is 0.326 e. The number of piperidine rings is 1. The number of anilines is 1. The van der Waals surface area contributed by atoms with Gasteiger partial charge in [-0.3, -0.25) is 0 Å². The molecule has 5 nitrogen and oxygen atoms in total. The van der Waals surface area contributed by atoms with Gasteiger partial charge < -0.3 is 15.3 Å². The fourth-order valence-corrected chi connectivity index (χ4v) is 2.90. The second kappa shape index (κ2) is 6.85. The number of nitrogens with one attached hydrogen (secondary N) is 1. The normalized spacial score (nSPS) is 21.9. The molecule has 0 bridgehead atoms. The fourth-order valence-electron chi connectivity index (χ4n) is 2.49.